The smallest absolute Gasteiger partial charge is 0.339 e. The van der Waals surface area contributed by atoms with Crippen LogP contribution in [0.5, 0.6) is 0 Å². The number of amides is 1. The summed E-state index contributed by atoms with van der Waals surface area (Å²) in [5.74, 6) is -0.517. The lowest BCUT2D eigenvalue weighted by atomic mass is 9.96. The lowest BCUT2D eigenvalue weighted by Crippen LogP contribution is -2.39. The number of carbonyl (C=O) groups excluding carboxylic acids is 1. The van der Waals surface area contributed by atoms with E-state index in [0.717, 1.165) is 38.0 Å². The predicted octanol–water partition coefficient (Wildman–Crippen LogP) is 2.87. The van der Waals surface area contributed by atoms with Crippen molar-refractivity contribution in [2.75, 3.05) is 26.3 Å². The van der Waals surface area contributed by atoms with Gasteiger partial charge in [-0.15, -0.1) is 0 Å². The molecule has 1 atom stereocenters. The van der Waals surface area contributed by atoms with E-state index in [0.29, 0.717) is 24.7 Å². The lowest BCUT2D eigenvalue weighted by molar-refractivity contribution is 0.0688. The van der Waals surface area contributed by atoms with Gasteiger partial charge in [-0.05, 0) is 43.9 Å². The average Bonchev–Trinajstić information content (AvgIpc) is 3.38. The van der Waals surface area contributed by atoms with Crippen molar-refractivity contribution in [2.45, 2.75) is 38.1 Å². The molecule has 3 heterocycles. The van der Waals surface area contributed by atoms with Crippen molar-refractivity contribution in [2.24, 2.45) is 0 Å². The molecule has 1 aromatic heterocycles. The van der Waals surface area contributed by atoms with Gasteiger partial charge in [-0.3, -0.25) is 9.48 Å². The number of carbonyl (C=O) groups is 2. The van der Waals surface area contributed by atoms with Crippen LogP contribution in [0.25, 0.3) is 0 Å². The highest BCUT2D eigenvalue weighted by atomic mass is 16.5. The first-order chi connectivity index (χ1) is 13.5. The van der Waals surface area contributed by atoms with Crippen molar-refractivity contribution in [3.05, 3.63) is 52.8 Å². The molecule has 0 radical (unpaired) electrons. The molecule has 0 aliphatic carbocycles. The zero-order valence-electron chi connectivity index (χ0n) is 16.0. The highest BCUT2D eigenvalue weighted by Gasteiger charge is 2.27. The molecule has 0 saturated carbocycles. The molecule has 4 rings (SSSR count). The van der Waals surface area contributed by atoms with Crippen molar-refractivity contribution in [3.8, 4) is 0 Å². The third-order valence-corrected chi connectivity index (χ3v) is 5.91. The zero-order valence-corrected chi connectivity index (χ0v) is 16.0. The number of nitrogens with zero attached hydrogens (tertiary/aromatic N) is 3. The fraction of sp³-hybridized carbons (Fsp3) is 0.476. The summed E-state index contributed by atoms with van der Waals surface area (Å²) in [7, 11) is 0. The van der Waals surface area contributed by atoms with Crippen molar-refractivity contribution in [1.82, 2.24) is 14.7 Å². The standard InChI is InChI=1S/C21H25N3O4/c1-14-19(21(26)27)12-22-24(14)18-5-8-23(9-6-18)20(25)16-4-2-3-15(11-16)17-7-10-28-13-17/h2-4,11-12,17-18H,5-10,13H2,1H3,(H,26,27). The van der Waals surface area contributed by atoms with Crippen molar-refractivity contribution in [1.29, 1.82) is 0 Å². The van der Waals surface area contributed by atoms with E-state index in [2.05, 4.69) is 11.2 Å². The Morgan fingerprint density at radius 1 is 1.21 bits per heavy atom. The molecular formula is C21H25N3O4. The fourth-order valence-corrected chi connectivity index (χ4v) is 4.22. The predicted molar refractivity (Wildman–Crippen MR) is 103 cm³/mol. The molecule has 1 N–H and O–H groups in total. The topological polar surface area (TPSA) is 84.7 Å². The maximum Gasteiger partial charge on any atom is 0.339 e. The minimum Gasteiger partial charge on any atom is -0.478 e. The minimum absolute atomic E-state index is 0.0580. The van der Waals surface area contributed by atoms with Gasteiger partial charge in [-0.1, -0.05) is 12.1 Å². The molecule has 0 spiro atoms. The largest absolute Gasteiger partial charge is 0.478 e. The lowest BCUT2D eigenvalue weighted by Gasteiger charge is -2.32. The van der Waals surface area contributed by atoms with Gasteiger partial charge in [-0.25, -0.2) is 4.79 Å². The number of benzene rings is 1. The maximum absolute atomic E-state index is 13.0. The molecule has 2 aliphatic rings. The minimum atomic E-state index is -0.955. The molecule has 7 nitrogen and oxygen atoms in total. The van der Waals surface area contributed by atoms with Gasteiger partial charge >= 0.3 is 5.97 Å². The maximum atomic E-state index is 13.0. The van der Waals surface area contributed by atoms with Crippen LogP contribution in [-0.2, 0) is 4.74 Å². The third kappa shape index (κ3) is 3.54. The van der Waals surface area contributed by atoms with Crippen LogP contribution in [0.3, 0.4) is 0 Å². The van der Waals surface area contributed by atoms with Gasteiger partial charge in [0, 0.05) is 31.2 Å². The van der Waals surface area contributed by atoms with E-state index in [-0.39, 0.29) is 17.5 Å². The number of likely N-dealkylation sites (tertiary alicyclic amines) is 1. The second-order valence-electron chi connectivity index (χ2n) is 7.60. The van der Waals surface area contributed by atoms with E-state index in [1.165, 1.54) is 11.8 Å². The number of aromatic carboxylic acids is 1. The number of carboxylic acids is 1. The highest BCUT2D eigenvalue weighted by Crippen LogP contribution is 2.28. The number of piperidine rings is 1. The van der Waals surface area contributed by atoms with Gasteiger partial charge in [0.1, 0.15) is 5.56 Å². The number of ether oxygens (including phenoxy) is 1. The number of carboxylic acid groups (broad SMARTS) is 1. The fourth-order valence-electron chi connectivity index (χ4n) is 4.22. The van der Waals surface area contributed by atoms with Crippen LogP contribution >= 0.6 is 0 Å². The molecule has 7 heteroatoms. The second kappa shape index (κ2) is 7.75. The Kier molecular flexibility index (Phi) is 5.17. The summed E-state index contributed by atoms with van der Waals surface area (Å²) in [4.78, 5) is 26.1. The number of hydrogen-bond donors (Lipinski definition) is 1. The third-order valence-electron chi connectivity index (χ3n) is 5.91. The Morgan fingerprint density at radius 3 is 2.64 bits per heavy atom. The van der Waals surface area contributed by atoms with Crippen LogP contribution in [0.15, 0.2) is 30.5 Å². The van der Waals surface area contributed by atoms with Crippen molar-refractivity contribution < 1.29 is 19.4 Å². The first kappa shape index (κ1) is 18.7. The Labute approximate surface area is 163 Å². The van der Waals surface area contributed by atoms with E-state index in [9.17, 15) is 14.7 Å². The van der Waals surface area contributed by atoms with Gasteiger partial charge < -0.3 is 14.7 Å². The Balaban J connectivity index is 1.42. The molecule has 2 saturated heterocycles. The summed E-state index contributed by atoms with van der Waals surface area (Å²) in [6.07, 6.45) is 3.95. The van der Waals surface area contributed by atoms with Crippen molar-refractivity contribution >= 4 is 11.9 Å². The molecule has 1 amide bonds. The van der Waals surface area contributed by atoms with Gasteiger partial charge in [0.2, 0.25) is 0 Å². The summed E-state index contributed by atoms with van der Waals surface area (Å²) in [6.45, 7) is 4.58. The molecule has 1 unspecified atom stereocenters. The molecule has 1 aromatic carbocycles. The van der Waals surface area contributed by atoms with Crippen LogP contribution in [0.4, 0.5) is 0 Å². The summed E-state index contributed by atoms with van der Waals surface area (Å²) in [6, 6.07) is 8.03. The van der Waals surface area contributed by atoms with Gasteiger partial charge in [-0.2, -0.15) is 5.10 Å². The van der Waals surface area contributed by atoms with Crippen LogP contribution in [0.2, 0.25) is 0 Å². The van der Waals surface area contributed by atoms with Crippen LogP contribution in [-0.4, -0.2) is 58.0 Å². The average molecular weight is 383 g/mol. The SMILES string of the molecule is Cc1c(C(=O)O)cnn1C1CCN(C(=O)c2cccc(C3CCOC3)c2)CC1. The molecule has 2 aromatic rings. The Hall–Kier alpha value is -2.67. The summed E-state index contributed by atoms with van der Waals surface area (Å²) in [5, 5.41) is 13.5. The molecule has 28 heavy (non-hydrogen) atoms. The van der Waals surface area contributed by atoms with Gasteiger partial charge in [0.15, 0.2) is 0 Å². The molecule has 2 fully saturated rings. The number of aromatic nitrogens is 2. The Bertz CT molecular complexity index is 878. The number of rotatable bonds is 4. The van der Waals surface area contributed by atoms with E-state index >= 15 is 0 Å². The molecule has 0 bridgehead atoms. The highest BCUT2D eigenvalue weighted by molar-refractivity contribution is 5.94. The van der Waals surface area contributed by atoms with Crippen LogP contribution in [0.1, 0.15) is 63.2 Å². The van der Waals surface area contributed by atoms with E-state index in [4.69, 9.17) is 4.74 Å². The quantitative estimate of drug-likeness (QED) is 0.878. The molecule has 2 aliphatic heterocycles. The van der Waals surface area contributed by atoms with E-state index in [1.54, 1.807) is 11.6 Å². The van der Waals surface area contributed by atoms with Gasteiger partial charge in [0.25, 0.3) is 5.91 Å². The van der Waals surface area contributed by atoms with Gasteiger partial charge in [0.05, 0.1) is 24.5 Å². The first-order valence-electron chi connectivity index (χ1n) is 9.79. The Morgan fingerprint density at radius 2 is 2.00 bits per heavy atom. The van der Waals surface area contributed by atoms with Crippen LogP contribution < -0.4 is 0 Å². The second-order valence-corrected chi connectivity index (χ2v) is 7.60. The zero-order chi connectivity index (χ0) is 19.7. The van der Waals surface area contributed by atoms with Crippen LogP contribution in [0, 0.1) is 6.92 Å². The summed E-state index contributed by atoms with van der Waals surface area (Å²) >= 11 is 0. The van der Waals surface area contributed by atoms with E-state index in [1.807, 2.05) is 23.1 Å². The first-order valence-corrected chi connectivity index (χ1v) is 9.79. The molecule has 148 valence electrons. The van der Waals surface area contributed by atoms with E-state index < -0.39 is 5.97 Å². The molecular weight excluding hydrogens is 358 g/mol. The monoisotopic (exact) mass is 383 g/mol. The van der Waals surface area contributed by atoms with Crippen molar-refractivity contribution in [3.63, 3.8) is 0 Å². The normalized spacial score (nSPS) is 20.5. The summed E-state index contributed by atoms with van der Waals surface area (Å²) in [5.41, 5.74) is 2.81. The summed E-state index contributed by atoms with van der Waals surface area (Å²) < 4.78 is 7.27. The number of hydrogen-bond acceptors (Lipinski definition) is 4.